The van der Waals surface area contributed by atoms with E-state index in [4.69, 9.17) is 4.74 Å². The summed E-state index contributed by atoms with van der Waals surface area (Å²) in [6.07, 6.45) is 2.00. The molecule has 2 aliphatic heterocycles. The number of hydrogen-bond acceptors (Lipinski definition) is 5. The van der Waals surface area contributed by atoms with Crippen LogP contribution in [0.15, 0.2) is 18.2 Å². The molecule has 1 aromatic carbocycles. The highest BCUT2D eigenvalue weighted by atomic mass is 32.2. The molecular formula is C16H21N3O5S. The molecule has 25 heavy (non-hydrogen) atoms. The van der Waals surface area contributed by atoms with E-state index in [2.05, 4.69) is 5.32 Å². The number of ether oxygens (including phenoxy) is 1. The van der Waals surface area contributed by atoms with E-state index >= 15 is 0 Å². The topological polar surface area (TPSA) is 96.0 Å². The molecule has 0 spiro atoms. The number of fused-ring (bicyclic) bond motifs is 1. The number of hydrogen-bond donors (Lipinski definition) is 1. The Hall–Kier alpha value is -2.13. The predicted molar refractivity (Wildman–Crippen MR) is 91.9 cm³/mol. The minimum atomic E-state index is -3.23. The number of carbonyl (C=O) groups is 2. The highest BCUT2D eigenvalue weighted by molar-refractivity contribution is 7.88. The standard InChI is InChI=1S/C16H21N3O5S/c1-25(22,23)19-6-2-5-18(7-8-19)16(21)10-12-3-4-14-13(9-12)17-15(20)11-24-14/h3-4,9H,2,5-8,10-11H2,1H3,(H,17,20). The van der Waals surface area contributed by atoms with E-state index in [0.717, 1.165) is 5.56 Å². The highest BCUT2D eigenvalue weighted by Gasteiger charge is 2.24. The fourth-order valence-corrected chi connectivity index (χ4v) is 3.88. The lowest BCUT2D eigenvalue weighted by molar-refractivity contribution is -0.130. The Bertz CT molecular complexity index is 793. The summed E-state index contributed by atoms with van der Waals surface area (Å²) in [5.74, 6) is 0.317. The van der Waals surface area contributed by atoms with Gasteiger partial charge in [0.25, 0.3) is 5.91 Å². The van der Waals surface area contributed by atoms with Crippen molar-refractivity contribution in [2.75, 3.05) is 44.4 Å². The molecule has 8 nitrogen and oxygen atoms in total. The van der Waals surface area contributed by atoms with Gasteiger partial charge in [0.1, 0.15) is 5.75 Å². The van der Waals surface area contributed by atoms with Gasteiger partial charge in [-0.25, -0.2) is 12.7 Å². The molecule has 1 saturated heterocycles. The van der Waals surface area contributed by atoms with E-state index in [1.165, 1.54) is 10.6 Å². The molecule has 0 aromatic heterocycles. The molecule has 3 rings (SSSR count). The number of anilines is 1. The lowest BCUT2D eigenvalue weighted by atomic mass is 10.1. The third-order valence-electron chi connectivity index (χ3n) is 4.31. The first kappa shape index (κ1) is 17.7. The van der Waals surface area contributed by atoms with Crippen LogP contribution in [0.2, 0.25) is 0 Å². The smallest absolute Gasteiger partial charge is 0.262 e. The predicted octanol–water partition coefficient (Wildman–Crippen LogP) is 0.0539. The van der Waals surface area contributed by atoms with Gasteiger partial charge in [-0.05, 0) is 24.1 Å². The Labute approximate surface area is 146 Å². The van der Waals surface area contributed by atoms with Crippen LogP contribution in [-0.2, 0) is 26.0 Å². The molecule has 1 aromatic rings. The van der Waals surface area contributed by atoms with E-state index in [0.29, 0.717) is 44.0 Å². The largest absolute Gasteiger partial charge is 0.482 e. The number of carbonyl (C=O) groups excluding carboxylic acids is 2. The number of nitrogens with zero attached hydrogens (tertiary/aromatic N) is 2. The summed E-state index contributed by atoms with van der Waals surface area (Å²) >= 11 is 0. The van der Waals surface area contributed by atoms with Crippen molar-refractivity contribution < 1.29 is 22.7 Å². The second kappa shape index (κ2) is 7.01. The molecule has 1 N–H and O–H groups in total. The zero-order chi connectivity index (χ0) is 18.0. The van der Waals surface area contributed by atoms with Crippen LogP contribution in [0.1, 0.15) is 12.0 Å². The molecule has 2 heterocycles. The minimum absolute atomic E-state index is 0.00408. The van der Waals surface area contributed by atoms with Gasteiger partial charge in [-0.3, -0.25) is 9.59 Å². The number of nitrogens with one attached hydrogen (secondary N) is 1. The maximum Gasteiger partial charge on any atom is 0.262 e. The first-order valence-corrected chi connectivity index (χ1v) is 9.96. The number of amides is 2. The van der Waals surface area contributed by atoms with Crippen LogP contribution in [0, 0.1) is 0 Å². The summed E-state index contributed by atoms with van der Waals surface area (Å²) in [5, 5.41) is 2.72. The van der Waals surface area contributed by atoms with Gasteiger partial charge in [-0.2, -0.15) is 0 Å². The molecule has 0 atom stereocenters. The molecule has 2 aliphatic rings. The van der Waals surface area contributed by atoms with E-state index in [1.807, 2.05) is 0 Å². The summed E-state index contributed by atoms with van der Waals surface area (Å²) < 4.78 is 30.0. The SMILES string of the molecule is CS(=O)(=O)N1CCCN(C(=O)Cc2ccc3c(c2)NC(=O)CO3)CC1. The van der Waals surface area contributed by atoms with Crippen LogP contribution in [0.25, 0.3) is 0 Å². The van der Waals surface area contributed by atoms with Gasteiger partial charge in [0.15, 0.2) is 6.61 Å². The van der Waals surface area contributed by atoms with Crippen molar-refractivity contribution in [3.63, 3.8) is 0 Å². The van der Waals surface area contributed by atoms with Gasteiger partial charge >= 0.3 is 0 Å². The second-order valence-electron chi connectivity index (χ2n) is 6.24. The minimum Gasteiger partial charge on any atom is -0.482 e. The van der Waals surface area contributed by atoms with Gasteiger partial charge < -0.3 is 15.0 Å². The Morgan fingerprint density at radius 3 is 2.80 bits per heavy atom. The molecule has 0 aliphatic carbocycles. The summed E-state index contributed by atoms with van der Waals surface area (Å²) in [6, 6.07) is 5.28. The Kier molecular flexibility index (Phi) is 4.96. The summed E-state index contributed by atoms with van der Waals surface area (Å²) in [4.78, 5) is 25.6. The van der Waals surface area contributed by atoms with Crippen LogP contribution in [0.5, 0.6) is 5.75 Å². The van der Waals surface area contributed by atoms with Crippen LogP contribution >= 0.6 is 0 Å². The maximum absolute atomic E-state index is 12.5. The molecule has 136 valence electrons. The first-order valence-electron chi connectivity index (χ1n) is 8.11. The van der Waals surface area contributed by atoms with E-state index in [-0.39, 0.29) is 24.8 Å². The van der Waals surface area contributed by atoms with Gasteiger partial charge in [-0.15, -0.1) is 0 Å². The third kappa shape index (κ3) is 4.29. The molecule has 9 heteroatoms. The average Bonchev–Trinajstić information content (AvgIpc) is 2.80. The molecule has 0 bridgehead atoms. The Morgan fingerprint density at radius 2 is 2.04 bits per heavy atom. The van der Waals surface area contributed by atoms with Crippen molar-refractivity contribution >= 4 is 27.5 Å². The molecule has 1 fully saturated rings. The fourth-order valence-electron chi connectivity index (χ4n) is 3.00. The number of rotatable bonds is 3. The lowest BCUT2D eigenvalue weighted by Crippen LogP contribution is -2.37. The molecule has 0 saturated carbocycles. The van der Waals surface area contributed by atoms with Gasteiger partial charge in [0.05, 0.1) is 18.4 Å². The monoisotopic (exact) mass is 367 g/mol. The van der Waals surface area contributed by atoms with Crippen molar-refractivity contribution in [2.24, 2.45) is 0 Å². The molecule has 2 amide bonds. The summed E-state index contributed by atoms with van der Waals surface area (Å²) in [6.45, 7) is 1.67. The molecular weight excluding hydrogens is 346 g/mol. The number of sulfonamides is 1. The Morgan fingerprint density at radius 1 is 1.24 bits per heavy atom. The van der Waals surface area contributed by atoms with Crippen molar-refractivity contribution in [1.82, 2.24) is 9.21 Å². The van der Waals surface area contributed by atoms with Crippen LogP contribution in [0.4, 0.5) is 5.69 Å². The summed E-state index contributed by atoms with van der Waals surface area (Å²) in [5.41, 5.74) is 1.35. The Balaban J connectivity index is 1.64. The zero-order valence-electron chi connectivity index (χ0n) is 14.0. The van der Waals surface area contributed by atoms with E-state index in [1.54, 1.807) is 23.1 Å². The van der Waals surface area contributed by atoms with Gasteiger partial charge in [0.2, 0.25) is 15.9 Å². The van der Waals surface area contributed by atoms with Crippen LogP contribution < -0.4 is 10.1 Å². The van der Waals surface area contributed by atoms with Crippen molar-refractivity contribution in [1.29, 1.82) is 0 Å². The summed E-state index contributed by atoms with van der Waals surface area (Å²) in [7, 11) is -3.23. The first-order chi connectivity index (χ1) is 11.8. The maximum atomic E-state index is 12.5. The normalized spacial score (nSPS) is 18.8. The second-order valence-corrected chi connectivity index (χ2v) is 8.22. The van der Waals surface area contributed by atoms with Crippen LogP contribution in [-0.4, -0.2) is 68.5 Å². The zero-order valence-corrected chi connectivity index (χ0v) is 14.8. The quantitative estimate of drug-likeness (QED) is 0.815. The highest BCUT2D eigenvalue weighted by Crippen LogP contribution is 2.28. The van der Waals surface area contributed by atoms with E-state index in [9.17, 15) is 18.0 Å². The van der Waals surface area contributed by atoms with Crippen molar-refractivity contribution in [3.05, 3.63) is 23.8 Å². The van der Waals surface area contributed by atoms with Gasteiger partial charge in [-0.1, -0.05) is 6.07 Å². The van der Waals surface area contributed by atoms with Crippen LogP contribution in [0.3, 0.4) is 0 Å². The van der Waals surface area contributed by atoms with E-state index < -0.39 is 10.0 Å². The fraction of sp³-hybridized carbons (Fsp3) is 0.500. The lowest BCUT2D eigenvalue weighted by Gasteiger charge is -2.22. The third-order valence-corrected chi connectivity index (χ3v) is 5.61. The van der Waals surface area contributed by atoms with Crippen molar-refractivity contribution in [2.45, 2.75) is 12.8 Å². The average molecular weight is 367 g/mol. The van der Waals surface area contributed by atoms with Gasteiger partial charge in [0, 0.05) is 26.2 Å². The van der Waals surface area contributed by atoms with Crippen molar-refractivity contribution in [3.8, 4) is 5.75 Å². The number of benzene rings is 1. The molecule has 0 radical (unpaired) electrons. The molecule has 0 unspecified atom stereocenters.